The van der Waals surface area contributed by atoms with Crippen LogP contribution in [0.4, 0.5) is 0 Å². The molecule has 1 fully saturated rings. The zero-order valence-corrected chi connectivity index (χ0v) is 21.6. The summed E-state index contributed by atoms with van der Waals surface area (Å²) >= 11 is 0. The molecule has 2 aromatic rings. The number of aliphatic hydroxyl groups excluding tert-OH is 1. The molecule has 0 bridgehead atoms. The molecule has 5 nitrogen and oxygen atoms in total. The molecule has 1 atom stereocenters. The van der Waals surface area contributed by atoms with E-state index in [1.54, 1.807) is 0 Å². The third-order valence-corrected chi connectivity index (χ3v) is 5.91. The fourth-order valence-corrected chi connectivity index (χ4v) is 4.11. The lowest BCUT2D eigenvalue weighted by atomic mass is 9.92. The topological polar surface area (TPSA) is 59.9 Å². The maximum atomic E-state index is 9.65. The van der Waals surface area contributed by atoms with E-state index in [4.69, 9.17) is 4.99 Å². The molecule has 1 aliphatic rings. The molecule has 1 saturated heterocycles. The van der Waals surface area contributed by atoms with Crippen molar-refractivity contribution in [1.82, 2.24) is 15.5 Å². The van der Waals surface area contributed by atoms with Crippen molar-refractivity contribution in [2.24, 2.45) is 4.99 Å². The Morgan fingerprint density at radius 2 is 1.69 bits per heavy atom. The molecule has 32 heavy (non-hydrogen) atoms. The van der Waals surface area contributed by atoms with Gasteiger partial charge in [0, 0.05) is 38.6 Å². The number of hydrogen-bond donors (Lipinski definition) is 3. The van der Waals surface area contributed by atoms with E-state index in [1.807, 2.05) is 0 Å². The zero-order valence-electron chi connectivity index (χ0n) is 19.2. The van der Waals surface area contributed by atoms with Crippen molar-refractivity contribution in [3.8, 4) is 0 Å². The van der Waals surface area contributed by atoms with Gasteiger partial charge < -0.3 is 20.6 Å². The van der Waals surface area contributed by atoms with E-state index < -0.39 is 0 Å². The number of likely N-dealkylation sites (tertiary alicyclic amines) is 1. The smallest absolute Gasteiger partial charge is 0.191 e. The number of hydrogen-bond acceptors (Lipinski definition) is 3. The average molecular weight is 551 g/mol. The summed E-state index contributed by atoms with van der Waals surface area (Å²) in [6, 6.07) is 21.4. The molecule has 3 rings (SSSR count). The van der Waals surface area contributed by atoms with Gasteiger partial charge in [-0.25, -0.2) is 0 Å². The Bertz CT molecular complexity index is 764. The van der Waals surface area contributed by atoms with Crippen LogP contribution in [0.15, 0.2) is 65.7 Å². The lowest BCUT2D eigenvalue weighted by molar-refractivity contribution is 0.0823. The van der Waals surface area contributed by atoms with E-state index in [1.165, 1.54) is 11.1 Å². The highest BCUT2D eigenvalue weighted by Crippen LogP contribution is 2.21. The minimum atomic E-state index is -0.102. The first-order valence-electron chi connectivity index (χ1n) is 11.8. The first-order chi connectivity index (χ1) is 15.2. The Balaban J connectivity index is 0.00000363. The number of nitrogens with zero attached hydrogens (tertiary/aromatic N) is 2. The summed E-state index contributed by atoms with van der Waals surface area (Å²) in [5.41, 5.74) is 2.68. The maximum Gasteiger partial charge on any atom is 0.191 e. The van der Waals surface area contributed by atoms with Gasteiger partial charge in [-0.15, -0.1) is 24.0 Å². The Morgan fingerprint density at radius 1 is 1.03 bits per heavy atom. The Kier molecular flexibility index (Phi) is 12.7. The van der Waals surface area contributed by atoms with E-state index in [2.05, 4.69) is 83.1 Å². The number of rotatable bonds is 10. The van der Waals surface area contributed by atoms with E-state index in [-0.39, 0.29) is 30.1 Å². The summed E-state index contributed by atoms with van der Waals surface area (Å²) in [4.78, 5) is 7.38. The summed E-state index contributed by atoms with van der Waals surface area (Å²) in [6.45, 7) is 7.69. The van der Waals surface area contributed by atoms with Gasteiger partial charge in [0.15, 0.2) is 5.96 Å². The highest BCUT2D eigenvalue weighted by molar-refractivity contribution is 14.0. The third-order valence-electron chi connectivity index (χ3n) is 5.91. The van der Waals surface area contributed by atoms with Gasteiger partial charge in [0.25, 0.3) is 0 Å². The van der Waals surface area contributed by atoms with Crippen molar-refractivity contribution in [3.63, 3.8) is 0 Å². The predicted octanol–water partition coefficient (Wildman–Crippen LogP) is 4.03. The monoisotopic (exact) mass is 550 g/mol. The van der Waals surface area contributed by atoms with E-state index >= 15 is 0 Å². The summed E-state index contributed by atoms with van der Waals surface area (Å²) in [5, 5.41) is 16.5. The molecule has 0 amide bonds. The lowest BCUT2D eigenvalue weighted by Crippen LogP contribution is -2.40. The summed E-state index contributed by atoms with van der Waals surface area (Å²) in [5.74, 6) is 1.24. The van der Waals surface area contributed by atoms with E-state index in [0.717, 1.165) is 70.9 Å². The number of guanidine groups is 1. The Labute approximate surface area is 210 Å². The molecule has 0 saturated carbocycles. The highest BCUT2D eigenvalue weighted by atomic mass is 127. The van der Waals surface area contributed by atoms with Crippen LogP contribution in [0.25, 0.3) is 0 Å². The number of benzene rings is 2. The van der Waals surface area contributed by atoms with Crippen molar-refractivity contribution in [2.45, 2.75) is 44.6 Å². The van der Waals surface area contributed by atoms with Crippen molar-refractivity contribution in [2.75, 3.05) is 39.3 Å². The molecular formula is C26H39IN4O. The zero-order chi connectivity index (χ0) is 21.7. The molecule has 176 valence electrons. The molecule has 0 spiro atoms. The van der Waals surface area contributed by atoms with Crippen molar-refractivity contribution in [3.05, 3.63) is 71.8 Å². The van der Waals surface area contributed by atoms with Crippen LogP contribution >= 0.6 is 24.0 Å². The first-order valence-corrected chi connectivity index (χ1v) is 11.8. The fourth-order valence-electron chi connectivity index (χ4n) is 4.11. The third kappa shape index (κ3) is 9.46. The van der Waals surface area contributed by atoms with Crippen LogP contribution in [0.2, 0.25) is 0 Å². The molecule has 1 heterocycles. The van der Waals surface area contributed by atoms with Gasteiger partial charge in [0.1, 0.15) is 0 Å². The average Bonchev–Trinajstić information content (AvgIpc) is 2.81. The summed E-state index contributed by atoms with van der Waals surface area (Å²) in [7, 11) is 0. The number of piperidine rings is 1. The van der Waals surface area contributed by atoms with Gasteiger partial charge in [-0.1, -0.05) is 60.7 Å². The van der Waals surface area contributed by atoms with E-state index in [9.17, 15) is 5.11 Å². The fraction of sp³-hybridized carbons (Fsp3) is 0.500. The molecule has 2 aromatic carbocycles. The molecular weight excluding hydrogens is 511 g/mol. The standard InChI is InChI=1S/C26H38N4O.HI/c1-2-27-26(28-16-9-17-30-18-14-25(31)15-19-30)29-21-24(23-12-7-4-8-13-23)20-22-10-5-3-6-11-22;/h3-8,10-13,24-25,31H,2,9,14-21H2,1H3,(H2,27,28,29);1H. The van der Waals surface area contributed by atoms with Crippen LogP contribution in [0.3, 0.4) is 0 Å². The van der Waals surface area contributed by atoms with Crippen LogP contribution in [0.5, 0.6) is 0 Å². The largest absolute Gasteiger partial charge is 0.393 e. The highest BCUT2D eigenvalue weighted by Gasteiger charge is 2.16. The maximum absolute atomic E-state index is 9.65. The molecule has 0 radical (unpaired) electrons. The Hall–Kier alpha value is -1.64. The predicted molar refractivity (Wildman–Crippen MR) is 145 cm³/mol. The van der Waals surface area contributed by atoms with Crippen molar-refractivity contribution < 1.29 is 5.11 Å². The second-order valence-electron chi connectivity index (χ2n) is 8.37. The summed E-state index contributed by atoms with van der Waals surface area (Å²) in [6.07, 6.45) is 3.76. The SMILES string of the molecule is CCNC(=NCC(Cc1ccccc1)c1ccccc1)NCCCN1CCC(O)CC1.I. The molecule has 0 aromatic heterocycles. The molecule has 3 N–H and O–H groups in total. The van der Waals surface area contributed by atoms with Gasteiger partial charge in [-0.2, -0.15) is 0 Å². The van der Waals surface area contributed by atoms with Crippen LogP contribution in [-0.2, 0) is 6.42 Å². The van der Waals surface area contributed by atoms with Gasteiger partial charge >= 0.3 is 0 Å². The van der Waals surface area contributed by atoms with Crippen molar-refractivity contribution in [1.29, 1.82) is 0 Å². The minimum absolute atomic E-state index is 0. The van der Waals surface area contributed by atoms with Crippen molar-refractivity contribution >= 4 is 29.9 Å². The summed E-state index contributed by atoms with van der Waals surface area (Å²) < 4.78 is 0. The second kappa shape index (κ2) is 15.2. The first kappa shape index (κ1) is 26.6. The van der Waals surface area contributed by atoms with Gasteiger partial charge in [0.2, 0.25) is 0 Å². The van der Waals surface area contributed by atoms with Crippen LogP contribution < -0.4 is 10.6 Å². The van der Waals surface area contributed by atoms with Crippen LogP contribution in [-0.4, -0.2) is 61.3 Å². The number of halogens is 1. The molecule has 1 unspecified atom stereocenters. The Morgan fingerprint density at radius 3 is 2.34 bits per heavy atom. The quantitative estimate of drug-likeness (QED) is 0.181. The van der Waals surface area contributed by atoms with Gasteiger partial charge in [-0.05, 0) is 50.3 Å². The molecule has 0 aliphatic carbocycles. The van der Waals surface area contributed by atoms with E-state index in [0.29, 0.717) is 5.92 Å². The second-order valence-corrected chi connectivity index (χ2v) is 8.37. The van der Waals surface area contributed by atoms with Crippen LogP contribution in [0.1, 0.15) is 43.2 Å². The van der Waals surface area contributed by atoms with Gasteiger partial charge in [-0.3, -0.25) is 4.99 Å². The number of aliphatic imine (C=N–C) groups is 1. The van der Waals surface area contributed by atoms with Gasteiger partial charge in [0.05, 0.1) is 6.10 Å². The van der Waals surface area contributed by atoms with Crippen LogP contribution in [0, 0.1) is 0 Å². The molecule has 6 heteroatoms. The minimum Gasteiger partial charge on any atom is -0.393 e. The normalized spacial score (nSPS) is 16.2. The molecule has 1 aliphatic heterocycles. The lowest BCUT2D eigenvalue weighted by Gasteiger charge is -2.29. The number of aliphatic hydroxyl groups is 1. The number of nitrogens with one attached hydrogen (secondary N) is 2.